The fourth-order valence-electron chi connectivity index (χ4n) is 3.12. The highest BCUT2D eigenvalue weighted by Gasteiger charge is 2.22. The van der Waals surface area contributed by atoms with Crippen molar-refractivity contribution in [1.82, 2.24) is 14.9 Å². The van der Waals surface area contributed by atoms with Gasteiger partial charge in [-0.15, -0.1) is 0 Å². The van der Waals surface area contributed by atoms with Crippen LogP contribution in [0.1, 0.15) is 16.8 Å². The smallest absolute Gasteiger partial charge is 0.254 e. The van der Waals surface area contributed by atoms with Gasteiger partial charge in [0.2, 0.25) is 0 Å². The molecule has 1 aliphatic rings. The van der Waals surface area contributed by atoms with Crippen LogP contribution in [-0.2, 0) is 19.5 Å². The highest BCUT2D eigenvalue weighted by atomic mass is 19.1. The third-order valence-corrected chi connectivity index (χ3v) is 4.24. The molecule has 0 amide bonds. The van der Waals surface area contributed by atoms with Gasteiger partial charge in [0.15, 0.2) is 11.6 Å². The van der Waals surface area contributed by atoms with Gasteiger partial charge in [0.05, 0.1) is 12.0 Å². The number of aromatic amines is 1. The highest BCUT2D eigenvalue weighted by molar-refractivity contribution is 5.47. The summed E-state index contributed by atoms with van der Waals surface area (Å²) in [6, 6.07) is 6.93. The molecule has 2 aromatic heterocycles. The van der Waals surface area contributed by atoms with Crippen molar-refractivity contribution in [3.05, 3.63) is 75.4 Å². The molecule has 3 heterocycles. The molecular formula is C18H15F2N3O2. The quantitative estimate of drug-likeness (QED) is 0.794. The van der Waals surface area contributed by atoms with Crippen LogP contribution in [-0.4, -0.2) is 21.4 Å². The lowest BCUT2D eigenvalue weighted by Crippen LogP contribution is -2.35. The highest BCUT2D eigenvalue weighted by Crippen LogP contribution is 2.20. The summed E-state index contributed by atoms with van der Waals surface area (Å²) in [7, 11) is 0. The summed E-state index contributed by atoms with van der Waals surface area (Å²) >= 11 is 0. The molecule has 0 fully saturated rings. The van der Waals surface area contributed by atoms with Crippen molar-refractivity contribution >= 4 is 0 Å². The van der Waals surface area contributed by atoms with Gasteiger partial charge in [0.1, 0.15) is 11.6 Å². The predicted octanol–water partition coefficient (Wildman–Crippen LogP) is 2.87. The molecule has 0 saturated carbocycles. The third-order valence-electron chi connectivity index (χ3n) is 4.24. The van der Waals surface area contributed by atoms with E-state index < -0.39 is 11.6 Å². The van der Waals surface area contributed by atoms with Crippen molar-refractivity contribution in [2.45, 2.75) is 19.5 Å². The molecule has 0 unspecified atom stereocenters. The van der Waals surface area contributed by atoms with E-state index in [9.17, 15) is 13.6 Å². The van der Waals surface area contributed by atoms with Crippen molar-refractivity contribution in [2.75, 3.05) is 6.54 Å². The van der Waals surface area contributed by atoms with E-state index in [1.165, 1.54) is 18.4 Å². The number of aromatic nitrogens is 2. The molecule has 4 rings (SSSR count). The van der Waals surface area contributed by atoms with E-state index in [-0.39, 0.29) is 5.56 Å². The van der Waals surface area contributed by atoms with Gasteiger partial charge in [0, 0.05) is 31.3 Å². The summed E-state index contributed by atoms with van der Waals surface area (Å²) in [6.45, 7) is 1.44. The molecule has 3 aromatic rings. The Hall–Kier alpha value is -2.80. The summed E-state index contributed by atoms with van der Waals surface area (Å²) in [5.74, 6) is -0.319. The van der Waals surface area contributed by atoms with Gasteiger partial charge in [-0.1, -0.05) is 0 Å². The number of rotatable bonds is 3. The largest absolute Gasteiger partial charge is 0.461 e. The van der Waals surface area contributed by atoms with Gasteiger partial charge in [-0.05, 0) is 36.2 Å². The lowest BCUT2D eigenvalue weighted by Gasteiger charge is -2.27. The Labute approximate surface area is 141 Å². The maximum absolute atomic E-state index is 13.4. The van der Waals surface area contributed by atoms with E-state index in [1.807, 2.05) is 4.90 Å². The van der Waals surface area contributed by atoms with Gasteiger partial charge < -0.3 is 9.40 Å². The van der Waals surface area contributed by atoms with Gasteiger partial charge in [0.25, 0.3) is 5.56 Å². The summed E-state index contributed by atoms with van der Waals surface area (Å²) in [5.41, 5.74) is 1.69. The molecule has 0 radical (unpaired) electrons. The minimum atomic E-state index is -0.595. The first-order valence-corrected chi connectivity index (χ1v) is 7.92. The van der Waals surface area contributed by atoms with Crippen molar-refractivity contribution in [3.8, 4) is 11.6 Å². The summed E-state index contributed by atoms with van der Waals surface area (Å²) < 4.78 is 32.0. The zero-order valence-corrected chi connectivity index (χ0v) is 13.3. The summed E-state index contributed by atoms with van der Waals surface area (Å²) in [4.78, 5) is 21.5. The Morgan fingerprint density at radius 1 is 1.24 bits per heavy atom. The number of fused-ring (bicyclic) bond motifs is 1. The van der Waals surface area contributed by atoms with Crippen molar-refractivity contribution in [3.63, 3.8) is 0 Å². The molecule has 1 aromatic carbocycles. The predicted molar refractivity (Wildman–Crippen MR) is 86.7 cm³/mol. The standard InChI is InChI=1S/C18H15F2N3O2/c19-12-6-11(7-13(20)8-12)9-23-4-3-14-15(10-23)21-17(22-18(14)24)16-2-1-5-25-16/h1-2,5-8H,3-4,9-10H2,(H,21,22,24). The fraction of sp³-hybridized carbons (Fsp3) is 0.222. The van der Waals surface area contributed by atoms with Crippen LogP contribution in [0.5, 0.6) is 0 Å². The second kappa shape index (κ2) is 6.25. The Morgan fingerprint density at radius 3 is 2.76 bits per heavy atom. The maximum Gasteiger partial charge on any atom is 0.254 e. The number of hydrogen-bond donors (Lipinski definition) is 1. The van der Waals surface area contributed by atoms with Crippen LogP contribution < -0.4 is 5.56 Å². The Kier molecular flexibility index (Phi) is 3.93. The average Bonchev–Trinajstić information content (AvgIpc) is 3.08. The molecule has 7 heteroatoms. The number of hydrogen-bond acceptors (Lipinski definition) is 4. The van der Waals surface area contributed by atoms with Crippen molar-refractivity contribution in [2.24, 2.45) is 0 Å². The fourth-order valence-corrected chi connectivity index (χ4v) is 3.12. The van der Waals surface area contributed by atoms with E-state index in [2.05, 4.69) is 9.97 Å². The average molecular weight is 343 g/mol. The molecule has 0 bridgehead atoms. The van der Waals surface area contributed by atoms with Crippen LogP contribution in [0.15, 0.2) is 45.8 Å². The molecule has 0 atom stereocenters. The monoisotopic (exact) mass is 343 g/mol. The van der Waals surface area contributed by atoms with Crippen molar-refractivity contribution in [1.29, 1.82) is 0 Å². The molecule has 1 N–H and O–H groups in total. The molecule has 0 saturated heterocycles. The van der Waals surface area contributed by atoms with E-state index in [0.29, 0.717) is 54.5 Å². The van der Waals surface area contributed by atoms with Crippen LogP contribution in [0.2, 0.25) is 0 Å². The number of benzene rings is 1. The van der Waals surface area contributed by atoms with E-state index >= 15 is 0 Å². The van der Waals surface area contributed by atoms with Crippen LogP contribution >= 0.6 is 0 Å². The lowest BCUT2D eigenvalue weighted by molar-refractivity contribution is 0.240. The maximum atomic E-state index is 13.4. The number of nitrogens with zero attached hydrogens (tertiary/aromatic N) is 2. The summed E-state index contributed by atoms with van der Waals surface area (Å²) in [6.07, 6.45) is 2.05. The van der Waals surface area contributed by atoms with Gasteiger partial charge in [-0.2, -0.15) is 0 Å². The van der Waals surface area contributed by atoms with E-state index in [1.54, 1.807) is 12.1 Å². The minimum Gasteiger partial charge on any atom is -0.461 e. The number of H-pyrrole nitrogens is 1. The Balaban J connectivity index is 1.61. The lowest BCUT2D eigenvalue weighted by atomic mass is 10.1. The zero-order chi connectivity index (χ0) is 17.4. The number of halogens is 2. The SMILES string of the molecule is O=c1[nH]c(-c2ccco2)nc2c1CCN(Cc1cc(F)cc(F)c1)C2. The molecule has 0 aliphatic carbocycles. The topological polar surface area (TPSA) is 62.1 Å². The number of nitrogens with one attached hydrogen (secondary N) is 1. The van der Waals surface area contributed by atoms with Crippen LogP contribution in [0.4, 0.5) is 8.78 Å². The minimum absolute atomic E-state index is 0.173. The molecule has 1 aliphatic heterocycles. The molecule has 128 valence electrons. The third kappa shape index (κ3) is 3.23. The second-order valence-electron chi connectivity index (χ2n) is 6.06. The van der Waals surface area contributed by atoms with Crippen LogP contribution in [0.25, 0.3) is 11.6 Å². The Bertz CT molecular complexity index is 947. The first kappa shape index (κ1) is 15.7. The van der Waals surface area contributed by atoms with Gasteiger partial charge in [-0.25, -0.2) is 13.8 Å². The van der Waals surface area contributed by atoms with Crippen molar-refractivity contribution < 1.29 is 13.2 Å². The van der Waals surface area contributed by atoms with Gasteiger partial charge in [-0.3, -0.25) is 9.69 Å². The van der Waals surface area contributed by atoms with Gasteiger partial charge >= 0.3 is 0 Å². The zero-order valence-electron chi connectivity index (χ0n) is 13.3. The molecule has 25 heavy (non-hydrogen) atoms. The first-order chi connectivity index (χ1) is 12.1. The van der Waals surface area contributed by atoms with Crippen LogP contribution in [0.3, 0.4) is 0 Å². The normalized spacial score (nSPS) is 14.5. The number of furan rings is 1. The second-order valence-corrected chi connectivity index (χ2v) is 6.06. The molecule has 5 nitrogen and oxygen atoms in total. The Morgan fingerprint density at radius 2 is 2.04 bits per heavy atom. The van der Waals surface area contributed by atoms with Crippen LogP contribution in [0, 0.1) is 11.6 Å². The van der Waals surface area contributed by atoms with E-state index in [4.69, 9.17) is 4.42 Å². The summed E-state index contributed by atoms with van der Waals surface area (Å²) in [5, 5.41) is 0. The van der Waals surface area contributed by atoms with E-state index in [0.717, 1.165) is 6.07 Å². The molecule has 0 spiro atoms. The first-order valence-electron chi connectivity index (χ1n) is 7.92. The molecular weight excluding hydrogens is 328 g/mol.